The number of nitrogens with zero attached hydrogens (tertiary/aromatic N) is 1. The van der Waals surface area contributed by atoms with Crippen molar-refractivity contribution in [3.63, 3.8) is 0 Å². The quantitative estimate of drug-likeness (QED) is 0.692. The topological polar surface area (TPSA) is 58.6 Å². The van der Waals surface area contributed by atoms with Gasteiger partial charge in [-0.25, -0.2) is 0 Å². The molecule has 0 aliphatic carbocycles. The lowest BCUT2D eigenvalue weighted by Gasteiger charge is -2.28. The maximum atomic E-state index is 12.7. The molecule has 7 heteroatoms. The minimum absolute atomic E-state index is 0.00159. The number of hydrogen-bond donors (Lipinski definition) is 1. The molecule has 2 aromatic rings. The highest BCUT2D eigenvalue weighted by Crippen LogP contribution is 2.46. The number of carbonyl (C=O) groups is 2. The van der Waals surface area contributed by atoms with Gasteiger partial charge in [0.2, 0.25) is 11.8 Å². The summed E-state index contributed by atoms with van der Waals surface area (Å²) < 4.78 is 5.46. The molecule has 0 spiro atoms. The van der Waals surface area contributed by atoms with Gasteiger partial charge in [-0.2, -0.15) is 0 Å². The van der Waals surface area contributed by atoms with Crippen LogP contribution in [0.3, 0.4) is 0 Å². The Labute approximate surface area is 174 Å². The van der Waals surface area contributed by atoms with Crippen LogP contribution in [0.15, 0.2) is 48.5 Å². The van der Waals surface area contributed by atoms with Crippen LogP contribution in [0, 0.1) is 5.41 Å². The van der Waals surface area contributed by atoms with Crippen LogP contribution >= 0.6 is 23.4 Å². The van der Waals surface area contributed by atoms with Gasteiger partial charge >= 0.3 is 0 Å². The first-order valence-corrected chi connectivity index (χ1v) is 10.5. The number of hydrogen-bond acceptors (Lipinski definition) is 4. The summed E-state index contributed by atoms with van der Waals surface area (Å²) in [6, 6.07) is 15.0. The lowest BCUT2D eigenvalue weighted by Crippen LogP contribution is -2.33. The SMILES string of the molecule is COc1ccccc1N1C(=O)CS[C@H]1c1ccccc1NC(=O)C(C)(C)CCl. The Morgan fingerprint density at radius 1 is 1.25 bits per heavy atom. The van der Waals surface area contributed by atoms with Gasteiger partial charge < -0.3 is 10.1 Å². The molecule has 0 radical (unpaired) electrons. The number of anilines is 2. The second-order valence-electron chi connectivity index (χ2n) is 7.16. The fraction of sp³-hybridized carbons (Fsp3) is 0.333. The molecule has 3 rings (SSSR count). The average Bonchev–Trinajstić information content (AvgIpc) is 3.09. The van der Waals surface area contributed by atoms with Gasteiger partial charge in [0, 0.05) is 17.1 Å². The van der Waals surface area contributed by atoms with Crippen molar-refractivity contribution in [1.29, 1.82) is 0 Å². The molecule has 0 saturated carbocycles. The molecular weight excluding hydrogens is 396 g/mol. The van der Waals surface area contributed by atoms with Crippen molar-refractivity contribution in [2.24, 2.45) is 5.41 Å². The van der Waals surface area contributed by atoms with Crippen molar-refractivity contribution in [2.45, 2.75) is 19.2 Å². The van der Waals surface area contributed by atoms with Gasteiger partial charge in [-0.1, -0.05) is 30.3 Å². The third-order valence-corrected chi connectivity index (χ3v) is 6.50. The summed E-state index contributed by atoms with van der Waals surface area (Å²) in [4.78, 5) is 27.1. The van der Waals surface area contributed by atoms with Crippen molar-refractivity contribution in [2.75, 3.05) is 29.0 Å². The number of carbonyl (C=O) groups excluding carboxylic acids is 2. The number of rotatable bonds is 6. The Kier molecular flexibility index (Phi) is 6.20. The Morgan fingerprint density at radius 3 is 2.64 bits per heavy atom. The predicted molar refractivity (Wildman–Crippen MR) is 115 cm³/mol. The molecule has 2 aromatic carbocycles. The zero-order chi connectivity index (χ0) is 20.3. The van der Waals surface area contributed by atoms with Crippen molar-refractivity contribution < 1.29 is 14.3 Å². The van der Waals surface area contributed by atoms with Gasteiger partial charge in [0.25, 0.3) is 0 Å². The highest BCUT2D eigenvalue weighted by Gasteiger charge is 2.37. The summed E-state index contributed by atoms with van der Waals surface area (Å²) in [7, 11) is 1.59. The molecule has 1 atom stereocenters. The zero-order valence-corrected chi connectivity index (χ0v) is 17.6. The molecule has 1 heterocycles. The lowest BCUT2D eigenvalue weighted by molar-refractivity contribution is -0.123. The summed E-state index contributed by atoms with van der Waals surface area (Å²) in [6.45, 7) is 3.60. The van der Waals surface area contributed by atoms with Gasteiger partial charge in [-0.3, -0.25) is 14.5 Å². The van der Waals surface area contributed by atoms with Gasteiger partial charge in [-0.05, 0) is 32.0 Å². The number of benzene rings is 2. The number of nitrogens with one attached hydrogen (secondary N) is 1. The standard InChI is InChI=1S/C21H23ClN2O3S/c1-21(2,13-22)20(26)23-15-9-5-4-8-14(15)19-24(18(25)12-28-19)16-10-6-7-11-17(16)27-3/h4-11,19H,12-13H2,1-3H3,(H,23,26)/t19-/m0/s1. The molecule has 2 amide bonds. The molecule has 1 aliphatic rings. The van der Waals surface area contributed by atoms with E-state index in [-0.39, 0.29) is 23.1 Å². The van der Waals surface area contributed by atoms with Crippen molar-refractivity contribution in [3.8, 4) is 5.75 Å². The van der Waals surface area contributed by atoms with Gasteiger partial charge in [-0.15, -0.1) is 23.4 Å². The van der Waals surface area contributed by atoms with E-state index in [1.165, 1.54) is 11.8 Å². The van der Waals surface area contributed by atoms with E-state index in [1.807, 2.05) is 48.5 Å². The summed E-state index contributed by atoms with van der Waals surface area (Å²) in [6.07, 6.45) is 0. The minimum atomic E-state index is -0.699. The molecule has 1 aliphatic heterocycles. The minimum Gasteiger partial charge on any atom is -0.495 e. The van der Waals surface area contributed by atoms with E-state index in [0.29, 0.717) is 22.9 Å². The van der Waals surface area contributed by atoms with Gasteiger partial charge in [0.15, 0.2) is 0 Å². The summed E-state index contributed by atoms with van der Waals surface area (Å²) in [5, 5.41) is 2.72. The molecular formula is C21H23ClN2O3S. The predicted octanol–water partition coefficient (Wildman–Crippen LogP) is 4.68. The van der Waals surface area contributed by atoms with Crippen LogP contribution in [0.2, 0.25) is 0 Å². The fourth-order valence-corrected chi connectivity index (χ4v) is 4.25. The number of ether oxygens (including phenoxy) is 1. The second-order valence-corrected chi connectivity index (χ2v) is 8.49. The number of alkyl halides is 1. The van der Waals surface area contributed by atoms with E-state index >= 15 is 0 Å². The zero-order valence-electron chi connectivity index (χ0n) is 16.1. The number of methoxy groups -OCH3 is 1. The highest BCUT2D eigenvalue weighted by atomic mass is 35.5. The Hall–Kier alpha value is -2.18. The van der Waals surface area contributed by atoms with Crippen LogP contribution in [-0.2, 0) is 9.59 Å². The van der Waals surface area contributed by atoms with Crippen LogP contribution in [0.4, 0.5) is 11.4 Å². The second kappa shape index (κ2) is 8.45. The molecule has 148 valence electrons. The van der Waals surface area contributed by atoms with Gasteiger partial charge in [0.1, 0.15) is 11.1 Å². The third kappa shape index (κ3) is 3.98. The van der Waals surface area contributed by atoms with E-state index in [9.17, 15) is 9.59 Å². The molecule has 1 saturated heterocycles. The normalized spacial score (nSPS) is 16.9. The smallest absolute Gasteiger partial charge is 0.238 e. The first-order chi connectivity index (χ1) is 13.4. The number of halogens is 1. The van der Waals surface area contributed by atoms with E-state index < -0.39 is 5.41 Å². The maximum absolute atomic E-state index is 12.7. The van der Waals surface area contributed by atoms with E-state index in [4.69, 9.17) is 16.3 Å². The average molecular weight is 419 g/mol. The number of amides is 2. The van der Waals surface area contributed by atoms with Gasteiger partial charge in [0.05, 0.1) is 24.0 Å². The van der Waals surface area contributed by atoms with Crippen LogP contribution in [0.5, 0.6) is 5.75 Å². The molecule has 1 N–H and O–H groups in total. The van der Waals surface area contributed by atoms with E-state index in [2.05, 4.69) is 5.32 Å². The monoisotopic (exact) mass is 418 g/mol. The van der Waals surface area contributed by atoms with Crippen LogP contribution in [0.25, 0.3) is 0 Å². The molecule has 0 aromatic heterocycles. The van der Waals surface area contributed by atoms with Crippen molar-refractivity contribution >= 4 is 46.6 Å². The largest absolute Gasteiger partial charge is 0.495 e. The first-order valence-electron chi connectivity index (χ1n) is 8.92. The summed E-state index contributed by atoms with van der Waals surface area (Å²) >= 11 is 7.47. The molecule has 1 fully saturated rings. The van der Waals surface area contributed by atoms with E-state index in [1.54, 1.807) is 25.9 Å². The van der Waals surface area contributed by atoms with Crippen LogP contribution < -0.4 is 15.0 Å². The molecule has 5 nitrogen and oxygen atoms in total. The fourth-order valence-electron chi connectivity index (χ4n) is 2.92. The third-order valence-electron chi connectivity index (χ3n) is 4.64. The molecule has 0 unspecified atom stereocenters. The number of thioether (sulfide) groups is 1. The highest BCUT2D eigenvalue weighted by molar-refractivity contribution is 8.00. The van der Waals surface area contributed by atoms with Crippen molar-refractivity contribution in [3.05, 3.63) is 54.1 Å². The van der Waals surface area contributed by atoms with Crippen LogP contribution in [0.1, 0.15) is 24.8 Å². The van der Waals surface area contributed by atoms with E-state index in [0.717, 1.165) is 5.56 Å². The maximum Gasteiger partial charge on any atom is 0.238 e. The first kappa shape index (κ1) is 20.6. The Bertz CT molecular complexity index is 887. The number of para-hydroxylation sites is 3. The van der Waals surface area contributed by atoms with Crippen molar-refractivity contribution in [1.82, 2.24) is 0 Å². The van der Waals surface area contributed by atoms with Crippen LogP contribution in [-0.4, -0.2) is 30.6 Å². The molecule has 28 heavy (non-hydrogen) atoms. The Balaban J connectivity index is 1.99. The summed E-state index contributed by atoms with van der Waals surface area (Å²) in [5.41, 5.74) is 1.56. The molecule has 0 bridgehead atoms. The summed E-state index contributed by atoms with van der Waals surface area (Å²) in [5.74, 6) is 1.05. The Morgan fingerprint density at radius 2 is 1.93 bits per heavy atom. The lowest BCUT2D eigenvalue weighted by atomic mass is 9.95.